The predicted molar refractivity (Wildman–Crippen MR) is 110 cm³/mol. The Labute approximate surface area is 164 Å². The number of nitrogens with zero attached hydrogens (tertiary/aromatic N) is 3. The molecule has 2 heterocycles. The number of imidazole rings is 1. The van der Waals surface area contributed by atoms with E-state index in [0.717, 1.165) is 33.7 Å². The molecule has 0 saturated carbocycles. The Hall–Kier alpha value is -2.59. The molecule has 0 aliphatic carbocycles. The number of hydrogen-bond donors (Lipinski definition) is 0. The van der Waals surface area contributed by atoms with Gasteiger partial charge in [0, 0.05) is 36.1 Å². The zero-order valence-corrected chi connectivity index (χ0v) is 16.3. The number of amides is 1. The molecule has 1 fully saturated rings. The van der Waals surface area contributed by atoms with E-state index < -0.39 is 0 Å². The summed E-state index contributed by atoms with van der Waals surface area (Å²) in [4.78, 5) is 19.5. The number of hydrogen-bond acceptors (Lipinski definition) is 2. The molecule has 1 aliphatic heterocycles. The Morgan fingerprint density at radius 1 is 1.30 bits per heavy atom. The van der Waals surface area contributed by atoms with Gasteiger partial charge < -0.3 is 9.47 Å². The molecule has 1 aromatic heterocycles. The van der Waals surface area contributed by atoms with Crippen molar-refractivity contribution in [3.63, 3.8) is 0 Å². The van der Waals surface area contributed by atoms with Gasteiger partial charge in [0.05, 0.1) is 11.0 Å². The smallest absolute Gasteiger partial charge is 0.227 e. The van der Waals surface area contributed by atoms with Gasteiger partial charge in [-0.1, -0.05) is 42.0 Å². The van der Waals surface area contributed by atoms with Gasteiger partial charge in [-0.2, -0.15) is 0 Å². The largest absolute Gasteiger partial charge is 0.324 e. The van der Waals surface area contributed by atoms with E-state index in [1.165, 1.54) is 0 Å². The molecule has 4 rings (SSSR count). The summed E-state index contributed by atoms with van der Waals surface area (Å²) < 4.78 is 2.20. The SMILES string of the molecule is C=C(C)Cn1c([C@@H]2CC(=O)N(c3cc(Cl)ccc3C)C2)nc2ccccc21. The van der Waals surface area contributed by atoms with E-state index in [4.69, 9.17) is 16.6 Å². The summed E-state index contributed by atoms with van der Waals surface area (Å²) >= 11 is 6.17. The van der Waals surface area contributed by atoms with Gasteiger partial charge >= 0.3 is 0 Å². The van der Waals surface area contributed by atoms with E-state index in [-0.39, 0.29) is 11.8 Å². The predicted octanol–water partition coefficient (Wildman–Crippen LogP) is 5.09. The number of aryl methyl sites for hydroxylation is 1. The summed E-state index contributed by atoms with van der Waals surface area (Å²) in [5.74, 6) is 1.11. The Morgan fingerprint density at radius 3 is 2.85 bits per heavy atom. The van der Waals surface area contributed by atoms with Crippen molar-refractivity contribution in [2.75, 3.05) is 11.4 Å². The molecule has 1 aliphatic rings. The second-order valence-corrected chi connectivity index (χ2v) is 7.77. The fourth-order valence-corrected chi connectivity index (χ4v) is 3.99. The van der Waals surface area contributed by atoms with Gasteiger partial charge in [-0.3, -0.25) is 4.79 Å². The summed E-state index contributed by atoms with van der Waals surface area (Å²) in [5.41, 5.74) is 5.03. The van der Waals surface area contributed by atoms with Crippen molar-refractivity contribution in [2.24, 2.45) is 0 Å². The molecule has 1 amide bonds. The van der Waals surface area contributed by atoms with Crippen LogP contribution in [0.3, 0.4) is 0 Å². The Kier molecular flexibility index (Phi) is 4.52. The first-order chi connectivity index (χ1) is 12.9. The van der Waals surface area contributed by atoms with Crippen LogP contribution in [0.2, 0.25) is 5.02 Å². The van der Waals surface area contributed by atoms with Crippen LogP contribution in [0.1, 0.15) is 30.7 Å². The van der Waals surface area contributed by atoms with Crippen LogP contribution in [0.15, 0.2) is 54.6 Å². The number of rotatable bonds is 4. The summed E-state index contributed by atoms with van der Waals surface area (Å²) in [7, 11) is 0. The highest BCUT2D eigenvalue weighted by Crippen LogP contribution is 2.35. The van der Waals surface area contributed by atoms with Crippen molar-refractivity contribution >= 4 is 34.2 Å². The Balaban J connectivity index is 1.74. The van der Waals surface area contributed by atoms with Gasteiger partial charge in [0.1, 0.15) is 5.82 Å². The van der Waals surface area contributed by atoms with E-state index in [2.05, 4.69) is 17.2 Å². The topological polar surface area (TPSA) is 38.1 Å². The molecule has 2 aromatic carbocycles. The summed E-state index contributed by atoms with van der Waals surface area (Å²) in [6, 6.07) is 13.8. The molecule has 138 valence electrons. The molecule has 0 N–H and O–H groups in total. The number of fused-ring (bicyclic) bond motifs is 1. The van der Waals surface area contributed by atoms with Gasteiger partial charge in [0.25, 0.3) is 0 Å². The van der Waals surface area contributed by atoms with Crippen molar-refractivity contribution in [2.45, 2.75) is 32.7 Å². The van der Waals surface area contributed by atoms with Crippen molar-refractivity contribution in [3.8, 4) is 0 Å². The molecule has 5 heteroatoms. The van der Waals surface area contributed by atoms with E-state index >= 15 is 0 Å². The maximum absolute atomic E-state index is 12.8. The molecular weight excluding hydrogens is 358 g/mol. The van der Waals surface area contributed by atoms with Crippen LogP contribution in [-0.2, 0) is 11.3 Å². The number of carbonyl (C=O) groups is 1. The van der Waals surface area contributed by atoms with Crippen LogP contribution in [0.4, 0.5) is 5.69 Å². The van der Waals surface area contributed by atoms with Crippen LogP contribution in [0.5, 0.6) is 0 Å². The Morgan fingerprint density at radius 2 is 2.07 bits per heavy atom. The molecule has 0 unspecified atom stereocenters. The third kappa shape index (κ3) is 3.26. The van der Waals surface area contributed by atoms with E-state index in [0.29, 0.717) is 24.5 Å². The van der Waals surface area contributed by atoms with Crippen molar-refractivity contribution < 1.29 is 4.79 Å². The minimum atomic E-state index is 0.0441. The van der Waals surface area contributed by atoms with E-state index in [9.17, 15) is 4.79 Å². The lowest BCUT2D eigenvalue weighted by atomic mass is 10.1. The van der Waals surface area contributed by atoms with Crippen molar-refractivity contribution in [1.82, 2.24) is 9.55 Å². The summed E-state index contributed by atoms with van der Waals surface area (Å²) in [6.07, 6.45) is 0.450. The lowest BCUT2D eigenvalue weighted by Gasteiger charge is -2.20. The molecule has 0 radical (unpaired) electrons. The maximum Gasteiger partial charge on any atom is 0.227 e. The number of carbonyl (C=O) groups excluding carboxylic acids is 1. The minimum absolute atomic E-state index is 0.0441. The highest BCUT2D eigenvalue weighted by molar-refractivity contribution is 6.31. The number of anilines is 1. The number of halogens is 1. The summed E-state index contributed by atoms with van der Waals surface area (Å²) in [5, 5.41) is 0.640. The van der Waals surface area contributed by atoms with Gasteiger partial charge in [0.15, 0.2) is 0 Å². The normalized spacial score (nSPS) is 17.1. The van der Waals surface area contributed by atoms with Gasteiger partial charge in [-0.15, -0.1) is 0 Å². The number of benzene rings is 2. The van der Waals surface area contributed by atoms with Gasteiger partial charge in [0.2, 0.25) is 5.91 Å². The lowest BCUT2D eigenvalue weighted by molar-refractivity contribution is -0.117. The highest BCUT2D eigenvalue weighted by Gasteiger charge is 2.35. The fraction of sp³-hybridized carbons (Fsp3) is 0.273. The molecule has 0 bridgehead atoms. The Bertz CT molecular complexity index is 1050. The highest BCUT2D eigenvalue weighted by atomic mass is 35.5. The second-order valence-electron chi connectivity index (χ2n) is 7.34. The first kappa shape index (κ1) is 17.8. The minimum Gasteiger partial charge on any atom is -0.324 e. The average Bonchev–Trinajstić information content (AvgIpc) is 3.18. The number of aromatic nitrogens is 2. The van der Waals surface area contributed by atoms with Crippen LogP contribution in [0, 0.1) is 6.92 Å². The molecule has 27 heavy (non-hydrogen) atoms. The number of para-hydroxylation sites is 2. The van der Waals surface area contributed by atoms with Crippen molar-refractivity contribution in [3.05, 3.63) is 71.0 Å². The molecule has 1 saturated heterocycles. The third-order valence-electron chi connectivity index (χ3n) is 5.06. The molecule has 0 spiro atoms. The standard InChI is InChI=1S/C22H22ClN3O/c1-14(2)12-26-19-7-5-4-6-18(19)24-22(26)16-10-21(27)25(13-16)20-11-17(23)9-8-15(20)3/h4-9,11,16H,1,10,12-13H2,2-3H3/t16-/m1/s1. The second kappa shape index (κ2) is 6.86. The number of allylic oxidation sites excluding steroid dienone is 1. The average molecular weight is 380 g/mol. The quantitative estimate of drug-likeness (QED) is 0.592. The maximum atomic E-state index is 12.8. The lowest BCUT2D eigenvalue weighted by Crippen LogP contribution is -2.25. The van der Waals surface area contributed by atoms with Gasteiger partial charge in [-0.25, -0.2) is 4.98 Å². The fourth-order valence-electron chi connectivity index (χ4n) is 3.83. The summed E-state index contributed by atoms with van der Waals surface area (Å²) in [6.45, 7) is 9.39. The van der Waals surface area contributed by atoms with Crippen molar-refractivity contribution in [1.29, 1.82) is 0 Å². The zero-order chi connectivity index (χ0) is 19.1. The third-order valence-corrected chi connectivity index (χ3v) is 5.30. The molecule has 4 nitrogen and oxygen atoms in total. The molecular formula is C22H22ClN3O. The van der Waals surface area contributed by atoms with E-state index in [1.54, 1.807) is 0 Å². The monoisotopic (exact) mass is 379 g/mol. The van der Waals surface area contributed by atoms with Crippen LogP contribution < -0.4 is 4.90 Å². The first-order valence-corrected chi connectivity index (χ1v) is 9.48. The van der Waals surface area contributed by atoms with Gasteiger partial charge in [-0.05, 0) is 43.7 Å². The first-order valence-electron chi connectivity index (χ1n) is 9.10. The van der Waals surface area contributed by atoms with E-state index in [1.807, 2.05) is 55.1 Å². The van der Waals surface area contributed by atoms with Crippen LogP contribution in [0.25, 0.3) is 11.0 Å². The van der Waals surface area contributed by atoms with Crippen LogP contribution in [-0.4, -0.2) is 22.0 Å². The molecule has 1 atom stereocenters. The van der Waals surface area contributed by atoms with Crippen LogP contribution >= 0.6 is 11.6 Å². The zero-order valence-electron chi connectivity index (χ0n) is 15.6. The molecule has 3 aromatic rings.